The lowest BCUT2D eigenvalue weighted by Gasteiger charge is -2.11. The Labute approximate surface area is 122 Å². The van der Waals surface area contributed by atoms with Gasteiger partial charge in [-0.05, 0) is 37.6 Å². The molecule has 2 aromatic carbocycles. The molecule has 2 rings (SSSR count). The standard InChI is InChI=1S/C17H16F2O2/c1-3-21-16-8-7-11(2)9-13(16)15(20)10-12-5-4-6-14(18)17(12)19/h4-9H,3,10H2,1-2H3. The van der Waals surface area contributed by atoms with Crippen molar-refractivity contribution in [2.75, 3.05) is 6.61 Å². The summed E-state index contributed by atoms with van der Waals surface area (Å²) >= 11 is 0. The van der Waals surface area contributed by atoms with E-state index in [1.54, 1.807) is 12.1 Å². The molecular formula is C17H16F2O2. The highest BCUT2D eigenvalue weighted by molar-refractivity contribution is 6.00. The van der Waals surface area contributed by atoms with E-state index in [4.69, 9.17) is 4.74 Å². The van der Waals surface area contributed by atoms with Gasteiger partial charge in [0.15, 0.2) is 17.4 Å². The summed E-state index contributed by atoms with van der Waals surface area (Å²) in [6.45, 7) is 4.10. The summed E-state index contributed by atoms with van der Waals surface area (Å²) in [6.07, 6.45) is -0.201. The SMILES string of the molecule is CCOc1ccc(C)cc1C(=O)Cc1cccc(F)c1F. The number of ether oxygens (including phenoxy) is 1. The molecule has 0 atom stereocenters. The van der Waals surface area contributed by atoms with E-state index in [0.717, 1.165) is 11.6 Å². The molecule has 0 amide bonds. The fourth-order valence-electron chi connectivity index (χ4n) is 2.10. The van der Waals surface area contributed by atoms with Gasteiger partial charge in [-0.1, -0.05) is 23.8 Å². The summed E-state index contributed by atoms with van der Waals surface area (Å²) in [5.41, 5.74) is 1.34. The average Bonchev–Trinajstić information content (AvgIpc) is 2.46. The minimum absolute atomic E-state index is 0.0453. The number of rotatable bonds is 5. The van der Waals surface area contributed by atoms with Crippen LogP contribution in [0.25, 0.3) is 0 Å². The van der Waals surface area contributed by atoms with Crippen molar-refractivity contribution >= 4 is 5.78 Å². The second kappa shape index (κ2) is 6.48. The maximum absolute atomic E-state index is 13.6. The summed E-state index contributed by atoms with van der Waals surface area (Å²) in [6, 6.07) is 9.08. The molecule has 0 N–H and O–H groups in total. The number of hydrogen-bond donors (Lipinski definition) is 0. The number of carbonyl (C=O) groups excluding carboxylic acids is 1. The second-order valence-electron chi connectivity index (χ2n) is 4.75. The summed E-state index contributed by atoms with van der Waals surface area (Å²) < 4.78 is 32.2. The first-order valence-electron chi connectivity index (χ1n) is 6.72. The molecule has 0 spiro atoms. The number of benzene rings is 2. The smallest absolute Gasteiger partial charge is 0.171 e. The molecule has 21 heavy (non-hydrogen) atoms. The molecule has 2 aromatic rings. The van der Waals surface area contributed by atoms with Crippen molar-refractivity contribution in [1.29, 1.82) is 0 Å². The molecule has 0 bridgehead atoms. The van der Waals surface area contributed by atoms with Gasteiger partial charge in [0.1, 0.15) is 5.75 Å². The molecule has 0 aliphatic heterocycles. The van der Waals surface area contributed by atoms with Crippen LogP contribution in [0.2, 0.25) is 0 Å². The predicted octanol–water partition coefficient (Wildman–Crippen LogP) is 4.10. The number of ketones is 1. The Morgan fingerprint density at radius 1 is 1.19 bits per heavy atom. The van der Waals surface area contributed by atoms with Crippen molar-refractivity contribution in [3.8, 4) is 5.75 Å². The fraction of sp³-hybridized carbons (Fsp3) is 0.235. The molecular weight excluding hydrogens is 274 g/mol. The Morgan fingerprint density at radius 3 is 2.67 bits per heavy atom. The Hall–Kier alpha value is -2.23. The van der Waals surface area contributed by atoms with Crippen LogP contribution < -0.4 is 4.74 Å². The topological polar surface area (TPSA) is 26.3 Å². The maximum atomic E-state index is 13.6. The van der Waals surface area contributed by atoms with E-state index in [2.05, 4.69) is 0 Å². The van der Waals surface area contributed by atoms with E-state index < -0.39 is 11.6 Å². The van der Waals surface area contributed by atoms with E-state index in [1.807, 2.05) is 19.9 Å². The Morgan fingerprint density at radius 2 is 1.95 bits per heavy atom. The highest BCUT2D eigenvalue weighted by Gasteiger charge is 2.17. The van der Waals surface area contributed by atoms with Gasteiger partial charge >= 0.3 is 0 Å². The number of Topliss-reactive ketones (excluding diaryl/α,β-unsaturated/α-hetero) is 1. The Balaban J connectivity index is 2.32. The van der Waals surface area contributed by atoms with Gasteiger partial charge in [-0.2, -0.15) is 0 Å². The van der Waals surface area contributed by atoms with E-state index in [1.165, 1.54) is 12.1 Å². The predicted molar refractivity (Wildman–Crippen MR) is 76.7 cm³/mol. The molecule has 2 nitrogen and oxygen atoms in total. The van der Waals surface area contributed by atoms with Crippen LogP contribution in [0.1, 0.15) is 28.4 Å². The first kappa shape index (κ1) is 15.2. The number of aryl methyl sites for hydroxylation is 1. The van der Waals surface area contributed by atoms with Crippen molar-refractivity contribution < 1.29 is 18.3 Å². The lowest BCUT2D eigenvalue weighted by molar-refractivity contribution is 0.0988. The lowest BCUT2D eigenvalue weighted by atomic mass is 10.00. The third-order valence-corrected chi connectivity index (χ3v) is 3.12. The van der Waals surface area contributed by atoms with Gasteiger partial charge in [-0.3, -0.25) is 4.79 Å². The van der Waals surface area contributed by atoms with Gasteiger partial charge in [-0.15, -0.1) is 0 Å². The summed E-state index contributed by atoms with van der Waals surface area (Å²) in [4.78, 5) is 12.4. The third kappa shape index (κ3) is 3.45. The zero-order chi connectivity index (χ0) is 15.4. The molecule has 0 fully saturated rings. The normalized spacial score (nSPS) is 10.5. The van der Waals surface area contributed by atoms with Crippen molar-refractivity contribution in [3.05, 3.63) is 64.7 Å². The van der Waals surface area contributed by atoms with Crippen LogP contribution >= 0.6 is 0 Å². The molecule has 110 valence electrons. The van der Waals surface area contributed by atoms with Crippen LogP contribution in [-0.4, -0.2) is 12.4 Å². The fourth-order valence-corrected chi connectivity index (χ4v) is 2.10. The number of carbonyl (C=O) groups is 1. The molecule has 4 heteroatoms. The summed E-state index contributed by atoms with van der Waals surface area (Å²) in [7, 11) is 0. The average molecular weight is 290 g/mol. The van der Waals surface area contributed by atoms with Crippen LogP contribution in [0.3, 0.4) is 0 Å². The molecule has 0 aromatic heterocycles. The van der Waals surface area contributed by atoms with E-state index in [9.17, 15) is 13.6 Å². The van der Waals surface area contributed by atoms with E-state index in [-0.39, 0.29) is 17.8 Å². The quantitative estimate of drug-likeness (QED) is 0.775. The van der Waals surface area contributed by atoms with E-state index >= 15 is 0 Å². The van der Waals surface area contributed by atoms with Crippen molar-refractivity contribution in [1.82, 2.24) is 0 Å². The highest BCUT2D eigenvalue weighted by atomic mass is 19.2. The van der Waals surface area contributed by atoms with Crippen molar-refractivity contribution in [3.63, 3.8) is 0 Å². The zero-order valence-corrected chi connectivity index (χ0v) is 12.0. The largest absolute Gasteiger partial charge is 0.493 e. The molecule has 0 saturated heterocycles. The monoisotopic (exact) mass is 290 g/mol. The molecule has 0 radical (unpaired) electrons. The Bertz CT molecular complexity index is 666. The highest BCUT2D eigenvalue weighted by Crippen LogP contribution is 2.23. The minimum atomic E-state index is -0.975. The summed E-state index contributed by atoms with van der Waals surface area (Å²) in [5, 5.41) is 0. The van der Waals surface area contributed by atoms with Crippen LogP contribution in [0.5, 0.6) is 5.75 Å². The first-order chi connectivity index (χ1) is 10.0. The van der Waals surface area contributed by atoms with Crippen LogP contribution in [0.4, 0.5) is 8.78 Å². The van der Waals surface area contributed by atoms with Gasteiger partial charge in [0.25, 0.3) is 0 Å². The van der Waals surface area contributed by atoms with Crippen LogP contribution in [0, 0.1) is 18.6 Å². The van der Waals surface area contributed by atoms with Crippen LogP contribution in [0.15, 0.2) is 36.4 Å². The lowest BCUT2D eigenvalue weighted by Crippen LogP contribution is -2.09. The minimum Gasteiger partial charge on any atom is -0.493 e. The molecule has 0 saturated carbocycles. The van der Waals surface area contributed by atoms with Gasteiger partial charge < -0.3 is 4.74 Å². The molecule has 0 heterocycles. The molecule has 0 aliphatic rings. The van der Waals surface area contributed by atoms with Gasteiger partial charge in [0, 0.05) is 6.42 Å². The third-order valence-electron chi connectivity index (χ3n) is 3.12. The number of hydrogen-bond acceptors (Lipinski definition) is 2. The first-order valence-corrected chi connectivity index (χ1v) is 6.72. The second-order valence-corrected chi connectivity index (χ2v) is 4.75. The zero-order valence-electron chi connectivity index (χ0n) is 12.0. The molecule has 0 aliphatic carbocycles. The van der Waals surface area contributed by atoms with Crippen LogP contribution in [-0.2, 0) is 6.42 Å². The van der Waals surface area contributed by atoms with Crippen molar-refractivity contribution in [2.24, 2.45) is 0 Å². The van der Waals surface area contributed by atoms with E-state index in [0.29, 0.717) is 17.9 Å². The van der Waals surface area contributed by atoms with Gasteiger partial charge in [0.05, 0.1) is 12.2 Å². The Kier molecular flexibility index (Phi) is 4.68. The molecule has 0 unspecified atom stereocenters. The maximum Gasteiger partial charge on any atom is 0.171 e. The van der Waals surface area contributed by atoms with Gasteiger partial charge in [-0.25, -0.2) is 8.78 Å². The van der Waals surface area contributed by atoms with Gasteiger partial charge in [0.2, 0.25) is 0 Å². The number of halogens is 2. The van der Waals surface area contributed by atoms with Crippen molar-refractivity contribution in [2.45, 2.75) is 20.3 Å². The summed E-state index contributed by atoms with van der Waals surface area (Å²) in [5.74, 6) is -1.76.